The smallest absolute Gasteiger partial charge is 0.331 e. The van der Waals surface area contributed by atoms with Gasteiger partial charge in [0.1, 0.15) is 6.10 Å². The zero-order chi connectivity index (χ0) is 12.0. The zero-order valence-electron chi connectivity index (χ0n) is 10.2. The molecular formula is C13H22O3. The molecule has 0 radical (unpaired) electrons. The van der Waals surface area contributed by atoms with E-state index in [0.29, 0.717) is 5.92 Å². The maximum absolute atomic E-state index is 10.8. The van der Waals surface area contributed by atoms with Crippen LogP contribution in [0.4, 0.5) is 0 Å². The van der Waals surface area contributed by atoms with E-state index in [9.17, 15) is 9.90 Å². The molecule has 1 aliphatic heterocycles. The first kappa shape index (κ1) is 13.2. The molecule has 0 fully saturated rings. The van der Waals surface area contributed by atoms with E-state index in [4.69, 9.17) is 4.74 Å². The minimum absolute atomic E-state index is 0.00156. The zero-order valence-corrected chi connectivity index (χ0v) is 10.2. The van der Waals surface area contributed by atoms with E-state index >= 15 is 0 Å². The second-order valence-electron chi connectivity index (χ2n) is 4.69. The average molecular weight is 226 g/mol. The van der Waals surface area contributed by atoms with Gasteiger partial charge >= 0.3 is 5.97 Å². The van der Waals surface area contributed by atoms with Crippen LogP contribution in [0.3, 0.4) is 0 Å². The topological polar surface area (TPSA) is 46.5 Å². The van der Waals surface area contributed by atoms with Crippen molar-refractivity contribution in [2.75, 3.05) is 0 Å². The van der Waals surface area contributed by atoms with Gasteiger partial charge < -0.3 is 9.84 Å². The number of aliphatic hydroxyl groups is 1. The number of carbonyl (C=O) groups is 1. The lowest BCUT2D eigenvalue weighted by Gasteiger charge is -2.14. The average Bonchev–Trinajstić information content (AvgIpc) is 2.63. The predicted molar refractivity (Wildman–Crippen MR) is 62.9 cm³/mol. The number of carbonyl (C=O) groups excluding carboxylic acids is 1. The summed E-state index contributed by atoms with van der Waals surface area (Å²) in [6.45, 7) is 3.92. The van der Waals surface area contributed by atoms with E-state index in [1.807, 2.05) is 13.0 Å². The van der Waals surface area contributed by atoms with Crippen LogP contribution in [0.5, 0.6) is 0 Å². The number of ether oxygens (including phenoxy) is 1. The van der Waals surface area contributed by atoms with Crippen LogP contribution in [0.25, 0.3) is 0 Å². The summed E-state index contributed by atoms with van der Waals surface area (Å²) in [6, 6.07) is 0. The Balaban J connectivity index is 1.96. The van der Waals surface area contributed by atoms with Gasteiger partial charge in [-0.25, -0.2) is 4.79 Å². The van der Waals surface area contributed by atoms with E-state index in [-0.39, 0.29) is 18.2 Å². The van der Waals surface area contributed by atoms with Crippen molar-refractivity contribution >= 4 is 5.97 Å². The predicted octanol–water partition coefficient (Wildman–Crippen LogP) is 2.44. The lowest BCUT2D eigenvalue weighted by Crippen LogP contribution is -2.12. The van der Waals surface area contributed by atoms with Gasteiger partial charge in [-0.05, 0) is 38.2 Å². The van der Waals surface area contributed by atoms with Gasteiger partial charge in [0, 0.05) is 6.08 Å². The summed E-state index contributed by atoms with van der Waals surface area (Å²) in [5, 5.41) is 9.31. The second-order valence-corrected chi connectivity index (χ2v) is 4.69. The Morgan fingerprint density at radius 2 is 2.12 bits per heavy atom. The molecule has 3 heteroatoms. The van der Waals surface area contributed by atoms with E-state index in [1.54, 1.807) is 0 Å². The molecule has 1 rings (SSSR count). The van der Waals surface area contributed by atoms with Gasteiger partial charge in [0.05, 0.1) is 6.10 Å². The molecule has 0 aliphatic carbocycles. The molecular weight excluding hydrogens is 204 g/mol. The first-order valence-electron chi connectivity index (χ1n) is 6.16. The van der Waals surface area contributed by atoms with Crippen LogP contribution in [0.1, 0.15) is 46.0 Å². The number of aliphatic hydroxyl groups excluding tert-OH is 1. The molecule has 1 heterocycles. The highest BCUT2D eigenvalue weighted by atomic mass is 16.5. The fourth-order valence-corrected chi connectivity index (χ4v) is 1.80. The molecule has 3 atom stereocenters. The van der Waals surface area contributed by atoms with Crippen LogP contribution in [-0.4, -0.2) is 23.3 Å². The first-order chi connectivity index (χ1) is 7.59. The third-order valence-corrected chi connectivity index (χ3v) is 3.19. The minimum atomic E-state index is -0.215. The third kappa shape index (κ3) is 4.79. The Morgan fingerprint density at radius 1 is 1.38 bits per heavy atom. The molecule has 1 unspecified atom stereocenters. The summed E-state index contributed by atoms with van der Waals surface area (Å²) in [4.78, 5) is 10.8. The number of hydrogen-bond acceptors (Lipinski definition) is 3. The molecule has 0 aromatic rings. The van der Waals surface area contributed by atoms with E-state index in [2.05, 4.69) is 6.92 Å². The molecule has 1 N–H and O–H groups in total. The van der Waals surface area contributed by atoms with Gasteiger partial charge in [-0.15, -0.1) is 0 Å². The SMILES string of the molecule is CC(CCCCC[C@H]1C=CC(=O)O1)[C@@H](C)O. The van der Waals surface area contributed by atoms with Gasteiger partial charge in [-0.2, -0.15) is 0 Å². The maximum Gasteiger partial charge on any atom is 0.331 e. The fraction of sp³-hybridized carbons (Fsp3) is 0.769. The van der Waals surface area contributed by atoms with Gasteiger partial charge in [-0.1, -0.05) is 19.8 Å². The first-order valence-corrected chi connectivity index (χ1v) is 6.16. The molecule has 3 nitrogen and oxygen atoms in total. The largest absolute Gasteiger partial charge is 0.455 e. The second kappa shape index (κ2) is 6.69. The number of cyclic esters (lactones) is 1. The van der Waals surface area contributed by atoms with Crippen LogP contribution in [-0.2, 0) is 9.53 Å². The highest BCUT2D eigenvalue weighted by molar-refractivity contribution is 5.84. The monoisotopic (exact) mass is 226 g/mol. The molecule has 92 valence electrons. The Morgan fingerprint density at radius 3 is 2.69 bits per heavy atom. The summed E-state index contributed by atoms with van der Waals surface area (Å²) in [5.41, 5.74) is 0. The molecule has 16 heavy (non-hydrogen) atoms. The van der Waals surface area contributed by atoms with E-state index in [0.717, 1.165) is 32.1 Å². The highest BCUT2D eigenvalue weighted by Crippen LogP contribution is 2.17. The van der Waals surface area contributed by atoms with Crippen LogP contribution in [0.15, 0.2) is 12.2 Å². The van der Waals surface area contributed by atoms with Crippen molar-refractivity contribution in [2.45, 2.75) is 58.2 Å². The molecule has 0 spiro atoms. The summed E-state index contributed by atoms with van der Waals surface area (Å²) in [7, 11) is 0. The molecule has 0 bridgehead atoms. The van der Waals surface area contributed by atoms with Crippen molar-refractivity contribution in [3.8, 4) is 0 Å². The number of esters is 1. The third-order valence-electron chi connectivity index (χ3n) is 3.19. The van der Waals surface area contributed by atoms with Crippen molar-refractivity contribution in [2.24, 2.45) is 5.92 Å². The minimum Gasteiger partial charge on any atom is -0.455 e. The van der Waals surface area contributed by atoms with Crippen molar-refractivity contribution in [1.82, 2.24) is 0 Å². The van der Waals surface area contributed by atoms with Crippen molar-refractivity contribution in [1.29, 1.82) is 0 Å². The number of hydrogen-bond donors (Lipinski definition) is 1. The summed E-state index contributed by atoms with van der Waals surface area (Å²) in [6.07, 6.45) is 8.47. The lowest BCUT2D eigenvalue weighted by molar-refractivity contribution is -0.138. The number of rotatable bonds is 7. The Hall–Kier alpha value is -0.830. The molecule has 0 aromatic carbocycles. The van der Waals surface area contributed by atoms with Crippen LogP contribution in [0.2, 0.25) is 0 Å². The molecule has 0 amide bonds. The van der Waals surface area contributed by atoms with E-state index < -0.39 is 0 Å². The Bertz CT molecular complexity index is 246. The quantitative estimate of drug-likeness (QED) is 0.535. The molecule has 0 aromatic heterocycles. The Kier molecular flexibility index (Phi) is 5.53. The summed E-state index contributed by atoms with van der Waals surface area (Å²) >= 11 is 0. The lowest BCUT2D eigenvalue weighted by atomic mass is 9.98. The molecule has 0 saturated heterocycles. The summed E-state index contributed by atoms with van der Waals surface area (Å²) in [5.74, 6) is 0.164. The van der Waals surface area contributed by atoms with Gasteiger partial charge in [-0.3, -0.25) is 0 Å². The van der Waals surface area contributed by atoms with Gasteiger partial charge in [0.15, 0.2) is 0 Å². The van der Waals surface area contributed by atoms with Crippen LogP contribution < -0.4 is 0 Å². The standard InChI is InChI=1S/C13H22O3/c1-10(11(2)14)6-4-3-5-7-12-8-9-13(15)16-12/h8-12,14H,3-7H2,1-2H3/t10?,11-,12+/m1/s1. The summed E-state index contributed by atoms with van der Waals surface area (Å²) < 4.78 is 5.04. The van der Waals surface area contributed by atoms with Crippen LogP contribution >= 0.6 is 0 Å². The fourth-order valence-electron chi connectivity index (χ4n) is 1.80. The van der Waals surface area contributed by atoms with Crippen LogP contribution in [0, 0.1) is 5.92 Å². The normalized spacial score (nSPS) is 23.2. The maximum atomic E-state index is 10.8. The van der Waals surface area contributed by atoms with Gasteiger partial charge in [0.25, 0.3) is 0 Å². The van der Waals surface area contributed by atoms with Crippen molar-refractivity contribution in [3.63, 3.8) is 0 Å². The highest BCUT2D eigenvalue weighted by Gasteiger charge is 2.15. The van der Waals surface area contributed by atoms with Crippen molar-refractivity contribution < 1.29 is 14.6 Å². The molecule has 0 saturated carbocycles. The molecule has 1 aliphatic rings. The van der Waals surface area contributed by atoms with E-state index in [1.165, 1.54) is 6.08 Å². The number of unbranched alkanes of at least 4 members (excludes halogenated alkanes) is 2. The van der Waals surface area contributed by atoms with Crippen molar-refractivity contribution in [3.05, 3.63) is 12.2 Å². The Labute approximate surface area is 97.5 Å². The van der Waals surface area contributed by atoms with Gasteiger partial charge in [0.2, 0.25) is 0 Å².